The van der Waals surface area contributed by atoms with Gasteiger partial charge in [0.15, 0.2) is 5.58 Å². The van der Waals surface area contributed by atoms with Crippen molar-refractivity contribution in [1.82, 2.24) is 4.98 Å². The lowest BCUT2D eigenvalue weighted by Gasteiger charge is -1.99. The van der Waals surface area contributed by atoms with Gasteiger partial charge in [0, 0.05) is 5.56 Å². The molecule has 1 heterocycles. The van der Waals surface area contributed by atoms with Crippen molar-refractivity contribution in [2.75, 3.05) is 5.73 Å². The highest BCUT2D eigenvalue weighted by molar-refractivity contribution is 5.92. The molecule has 0 bridgehead atoms. The Balaban J connectivity index is 2.12. The van der Waals surface area contributed by atoms with Gasteiger partial charge in [-0.3, -0.25) is 0 Å². The maximum atomic E-state index is 10.9. The summed E-state index contributed by atoms with van der Waals surface area (Å²) in [7, 11) is 0. The third-order valence-electron chi connectivity index (χ3n) is 2.91. The van der Waals surface area contributed by atoms with E-state index in [9.17, 15) is 9.90 Å². The number of benzene rings is 2. The second-order valence-electron chi connectivity index (χ2n) is 4.28. The van der Waals surface area contributed by atoms with Crippen LogP contribution in [-0.4, -0.2) is 21.2 Å². The fourth-order valence-corrected chi connectivity index (χ4v) is 1.87. The van der Waals surface area contributed by atoms with E-state index in [2.05, 4.69) is 4.98 Å². The van der Waals surface area contributed by atoms with E-state index in [0.717, 1.165) is 0 Å². The van der Waals surface area contributed by atoms with Crippen LogP contribution < -0.4 is 5.73 Å². The number of fused-ring (bicyclic) bond motifs is 1. The lowest BCUT2D eigenvalue weighted by Crippen LogP contribution is -1.94. The summed E-state index contributed by atoms with van der Waals surface area (Å²) in [4.78, 5) is 15.2. The Labute approximate surface area is 113 Å². The minimum atomic E-state index is -1.03. The van der Waals surface area contributed by atoms with Gasteiger partial charge >= 0.3 is 5.97 Å². The predicted octanol–water partition coefficient (Wildman–Crippen LogP) is 2.48. The monoisotopic (exact) mass is 270 g/mol. The van der Waals surface area contributed by atoms with Crippen molar-refractivity contribution in [2.24, 2.45) is 0 Å². The van der Waals surface area contributed by atoms with E-state index in [4.69, 9.17) is 15.3 Å². The number of hydrogen-bond acceptors (Lipinski definition) is 5. The number of nitrogens with two attached hydrogens (primary N) is 1. The average Bonchev–Trinajstić information content (AvgIpc) is 2.84. The number of nitrogens with zero attached hydrogens (tertiary/aromatic N) is 1. The van der Waals surface area contributed by atoms with Crippen molar-refractivity contribution in [3.63, 3.8) is 0 Å². The van der Waals surface area contributed by atoms with Crippen LogP contribution in [0.5, 0.6) is 5.75 Å². The van der Waals surface area contributed by atoms with Crippen LogP contribution in [0.4, 0.5) is 5.69 Å². The van der Waals surface area contributed by atoms with Gasteiger partial charge in [-0.25, -0.2) is 9.78 Å². The first-order valence-electron chi connectivity index (χ1n) is 5.77. The van der Waals surface area contributed by atoms with E-state index < -0.39 is 5.97 Å². The van der Waals surface area contributed by atoms with Crippen LogP contribution in [0.15, 0.2) is 40.8 Å². The third-order valence-corrected chi connectivity index (χ3v) is 2.91. The summed E-state index contributed by atoms with van der Waals surface area (Å²) < 4.78 is 5.53. The number of phenolic OH excluding ortho intramolecular Hbond substituents is 1. The van der Waals surface area contributed by atoms with Crippen LogP contribution in [0.2, 0.25) is 0 Å². The molecule has 20 heavy (non-hydrogen) atoms. The summed E-state index contributed by atoms with van der Waals surface area (Å²) in [6.07, 6.45) is 0. The molecule has 3 rings (SSSR count). The Kier molecular flexibility index (Phi) is 2.57. The van der Waals surface area contributed by atoms with Gasteiger partial charge in [0.2, 0.25) is 5.89 Å². The number of carboxylic acids is 1. The molecule has 0 fully saturated rings. The quantitative estimate of drug-likeness (QED) is 0.487. The highest BCUT2D eigenvalue weighted by atomic mass is 16.4. The van der Waals surface area contributed by atoms with Crippen molar-refractivity contribution in [3.8, 4) is 17.2 Å². The predicted molar refractivity (Wildman–Crippen MR) is 72.5 cm³/mol. The molecule has 0 amide bonds. The molecule has 0 saturated heterocycles. The summed E-state index contributed by atoms with van der Waals surface area (Å²) in [5.41, 5.74) is 7.51. The number of carbonyl (C=O) groups is 1. The van der Waals surface area contributed by atoms with Crippen LogP contribution in [0, 0.1) is 0 Å². The fraction of sp³-hybridized carbons (Fsp3) is 0. The van der Waals surface area contributed by atoms with Crippen molar-refractivity contribution < 1.29 is 19.4 Å². The van der Waals surface area contributed by atoms with Crippen molar-refractivity contribution >= 4 is 22.8 Å². The standard InChI is InChI=1S/C14H10N2O4/c15-9-5-7(2-4-11(9)17)13-16-10-3-1-8(14(18)19)6-12(10)20-13/h1-6,17H,15H2,(H,18,19). The van der Waals surface area contributed by atoms with E-state index in [1.165, 1.54) is 24.3 Å². The Bertz CT molecular complexity index is 823. The van der Waals surface area contributed by atoms with Gasteiger partial charge in [0.25, 0.3) is 0 Å². The summed E-state index contributed by atoms with van der Waals surface area (Å²) in [5.74, 6) is -0.731. The molecule has 100 valence electrons. The molecule has 0 aliphatic carbocycles. The highest BCUT2D eigenvalue weighted by Crippen LogP contribution is 2.29. The zero-order valence-corrected chi connectivity index (χ0v) is 10.2. The SMILES string of the molecule is Nc1cc(-c2nc3ccc(C(=O)O)cc3o2)ccc1O. The van der Waals surface area contributed by atoms with Crippen LogP contribution in [0.25, 0.3) is 22.6 Å². The van der Waals surface area contributed by atoms with E-state index in [-0.39, 0.29) is 17.0 Å². The molecule has 6 nitrogen and oxygen atoms in total. The first kappa shape index (κ1) is 12.0. The molecule has 4 N–H and O–H groups in total. The summed E-state index contributed by atoms with van der Waals surface area (Å²) in [5, 5.41) is 18.3. The molecule has 0 radical (unpaired) electrons. The van der Waals surface area contributed by atoms with Crippen LogP contribution >= 0.6 is 0 Å². The Morgan fingerprint density at radius 2 is 2.00 bits per heavy atom. The topological polar surface area (TPSA) is 110 Å². The molecule has 0 aliphatic heterocycles. The second-order valence-corrected chi connectivity index (χ2v) is 4.28. The molecule has 6 heteroatoms. The van der Waals surface area contributed by atoms with Gasteiger partial charge in [-0.15, -0.1) is 0 Å². The summed E-state index contributed by atoms with van der Waals surface area (Å²) in [6, 6.07) is 9.06. The number of carboxylic acid groups (broad SMARTS) is 1. The molecular formula is C14H10N2O4. The lowest BCUT2D eigenvalue weighted by molar-refractivity contribution is 0.0697. The number of oxazole rings is 1. The third kappa shape index (κ3) is 1.93. The smallest absolute Gasteiger partial charge is 0.335 e. The van der Waals surface area contributed by atoms with Gasteiger partial charge in [-0.05, 0) is 36.4 Å². The number of aromatic carboxylic acids is 1. The van der Waals surface area contributed by atoms with E-state index >= 15 is 0 Å². The van der Waals surface area contributed by atoms with E-state index in [0.29, 0.717) is 22.6 Å². The molecular weight excluding hydrogens is 260 g/mol. The molecule has 1 aromatic heterocycles. The minimum absolute atomic E-state index is 0.0157. The number of anilines is 1. The molecule has 2 aromatic carbocycles. The summed E-state index contributed by atoms with van der Waals surface area (Å²) in [6.45, 7) is 0. The van der Waals surface area contributed by atoms with Crippen LogP contribution in [-0.2, 0) is 0 Å². The van der Waals surface area contributed by atoms with E-state index in [1.54, 1.807) is 12.1 Å². The number of rotatable bonds is 2. The van der Waals surface area contributed by atoms with Gasteiger partial charge < -0.3 is 20.4 Å². The van der Waals surface area contributed by atoms with Gasteiger partial charge in [-0.1, -0.05) is 0 Å². The molecule has 0 spiro atoms. The van der Waals surface area contributed by atoms with Gasteiger partial charge in [0.1, 0.15) is 11.3 Å². The Hall–Kier alpha value is -3.02. The number of phenols is 1. The highest BCUT2D eigenvalue weighted by Gasteiger charge is 2.12. The van der Waals surface area contributed by atoms with Crippen molar-refractivity contribution in [1.29, 1.82) is 0 Å². The Morgan fingerprint density at radius 3 is 2.70 bits per heavy atom. The van der Waals surface area contributed by atoms with Crippen LogP contribution in [0.1, 0.15) is 10.4 Å². The zero-order valence-electron chi connectivity index (χ0n) is 10.2. The molecule has 0 saturated carbocycles. The normalized spacial score (nSPS) is 10.8. The molecule has 0 aliphatic rings. The second kappa shape index (κ2) is 4.27. The first-order chi connectivity index (χ1) is 9.54. The number of aromatic hydroxyl groups is 1. The maximum Gasteiger partial charge on any atom is 0.335 e. The van der Waals surface area contributed by atoms with Crippen molar-refractivity contribution in [2.45, 2.75) is 0 Å². The van der Waals surface area contributed by atoms with Gasteiger partial charge in [-0.2, -0.15) is 0 Å². The summed E-state index contributed by atoms with van der Waals surface area (Å²) >= 11 is 0. The Morgan fingerprint density at radius 1 is 1.20 bits per heavy atom. The van der Waals surface area contributed by atoms with Crippen molar-refractivity contribution in [3.05, 3.63) is 42.0 Å². The maximum absolute atomic E-state index is 10.9. The average molecular weight is 270 g/mol. The fourth-order valence-electron chi connectivity index (χ4n) is 1.87. The number of aromatic nitrogens is 1. The molecule has 3 aromatic rings. The van der Waals surface area contributed by atoms with Crippen LogP contribution in [0.3, 0.4) is 0 Å². The van der Waals surface area contributed by atoms with E-state index in [1.807, 2.05) is 0 Å². The number of nitrogen functional groups attached to an aromatic ring is 1. The number of hydrogen-bond donors (Lipinski definition) is 3. The zero-order chi connectivity index (χ0) is 14.3. The van der Waals surface area contributed by atoms with Gasteiger partial charge in [0.05, 0.1) is 11.3 Å². The largest absolute Gasteiger partial charge is 0.506 e. The first-order valence-corrected chi connectivity index (χ1v) is 5.77. The minimum Gasteiger partial charge on any atom is -0.506 e. The molecule has 0 atom stereocenters. The molecule has 0 unspecified atom stereocenters. The lowest BCUT2D eigenvalue weighted by atomic mass is 10.2.